The van der Waals surface area contributed by atoms with E-state index in [1.54, 1.807) is 0 Å². The lowest BCUT2D eigenvalue weighted by molar-refractivity contribution is 0.246. The van der Waals surface area contributed by atoms with E-state index in [9.17, 15) is 0 Å². The molecule has 2 nitrogen and oxygen atoms in total. The van der Waals surface area contributed by atoms with Crippen molar-refractivity contribution in [1.82, 2.24) is 4.90 Å². The molecule has 0 spiro atoms. The summed E-state index contributed by atoms with van der Waals surface area (Å²) in [6, 6.07) is 10.6. The second-order valence-corrected chi connectivity index (χ2v) is 3.97. The Labute approximate surface area is 92.5 Å². The van der Waals surface area contributed by atoms with Gasteiger partial charge >= 0.3 is 0 Å². The fourth-order valence-electron chi connectivity index (χ4n) is 1.65. The summed E-state index contributed by atoms with van der Waals surface area (Å²) in [6.07, 6.45) is 3.21. The maximum Gasteiger partial charge on any atom is 0.0443 e. The molecule has 0 radical (unpaired) electrons. The Bertz CT molecular complexity index is 248. The van der Waals surface area contributed by atoms with E-state index in [0.29, 0.717) is 6.61 Å². The van der Waals surface area contributed by atoms with E-state index < -0.39 is 0 Å². The zero-order valence-electron chi connectivity index (χ0n) is 9.52. The van der Waals surface area contributed by atoms with E-state index in [-0.39, 0.29) is 0 Å². The van der Waals surface area contributed by atoms with Crippen LogP contribution in [0, 0.1) is 0 Å². The van der Waals surface area contributed by atoms with Crippen LogP contribution in [0.4, 0.5) is 0 Å². The molecule has 1 aromatic rings. The van der Waals surface area contributed by atoms with Crippen LogP contribution < -0.4 is 0 Å². The first-order chi connectivity index (χ1) is 7.33. The van der Waals surface area contributed by atoms with Crippen molar-refractivity contribution < 1.29 is 5.11 Å². The lowest BCUT2D eigenvalue weighted by Crippen LogP contribution is -2.22. The number of aryl methyl sites for hydroxylation is 1. The van der Waals surface area contributed by atoms with Crippen LogP contribution in [-0.2, 0) is 6.42 Å². The van der Waals surface area contributed by atoms with Crippen molar-refractivity contribution in [3.8, 4) is 0 Å². The summed E-state index contributed by atoms with van der Waals surface area (Å²) < 4.78 is 0. The van der Waals surface area contributed by atoms with Gasteiger partial charge in [0.1, 0.15) is 0 Å². The SMILES string of the molecule is CN(CCCO)CCCc1ccccc1. The number of rotatable bonds is 7. The highest BCUT2D eigenvalue weighted by Crippen LogP contribution is 2.02. The van der Waals surface area contributed by atoms with Crippen LogP contribution in [0.15, 0.2) is 30.3 Å². The zero-order chi connectivity index (χ0) is 10.9. The molecule has 1 N–H and O–H groups in total. The van der Waals surface area contributed by atoms with Crippen molar-refractivity contribution in [3.63, 3.8) is 0 Å². The lowest BCUT2D eigenvalue weighted by atomic mass is 10.1. The fourth-order valence-corrected chi connectivity index (χ4v) is 1.65. The maximum absolute atomic E-state index is 8.69. The Balaban J connectivity index is 2.11. The number of hydrogen-bond donors (Lipinski definition) is 1. The van der Waals surface area contributed by atoms with Crippen LogP contribution >= 0.6 is 0 Å². The van der Waals surface area contributed by atoms with E-state index in [1.165, 1.54) is 12.0 Å². The average molecular weight is 207 g/mol. The monoisotopic (exact) mass is 207 g/mol. The molecule has 0 aliphatic carbocycles. The molecule has 0 aliphatic rings. The van der Waals surface area contributed by atoms with Gasteiger partial charge in [-0.1, -0.05) is 30.3 Å². The van der Waals surface area contributed by atoms with Gasteiger partial charge in [0, 0.05) is 13.2 Å². The van der Waals surface area contributed by atoms with Crippen molar-refractivity contribution in [2.45, 2.75) is 19.3 Å². The van der Waals surface area contributed by atoms with Gasteiger partial charge in [0.15, 0.2) is 0 Å². The van der Waals surface area contributed by atoms with Crippen molar-refractivity contribution >= 4 is 0 Å². The number of hydrogen-bond acceptors (Lipinski definition) is 2. The van der Waals surface area contributed by atoms with Gasteiger partial charge in [-0.2, -0.15) is 0 Å². The third kappa shape index (κ3) is 5.55. The predicted octanol–water partition coefficient (Wildman–Crippen LogP) is 1.93. The first-order valence-corrected chi connectivity index (χ1v) is 5.66. The van der Waals surface area contributed by atoms with E-state index in [2.05, 4.69) is 42.3 Å². The van der Waals surface area contributed by atoms with Crippen LogP contribution in [0.3, 0.4) is 0 Å². The fraction of sp³-hybridized carbons (Fsp3) is 0.538. The number of aliphatic hydroxyl groups excluding tert-OH is 1. The molecule has 1 rings (SSSR count). The molecule has 0 unspecified atom stereocenters. The van der Waals surface area contributed by atoms with Gasteiger partial charge in [0.25, 0.3) is 0 Å². The first kappa shape index (κ1) is 12.2. The Kier molecular flexibility index (Phi) is 6.05. The molecule has 2 heteroatoms. The summed E-state index contributed by atoms with van der Waals surface area (Å²) in [6.45, 7) is 2.39. The summed E-state index contributed by atoms with van der Waals surface area (Å²) in [7, 11) is 2.11. The van der Waals surface area contributed by atoms with Gasteiger partial charge in [-0.15, -0.1) is 0 Å². The minimum atomic E-state index is 0.295. The Hall–Kier alpha value is -0.860. The molecule has 0 aromatic heterocycles. The zero-order valence-corrected chi connectivity index (χ0v) is 9.52. The topological polar surface area (TPSA) is 23.5 Å². The predicted molar refractivity (Wildman–Crippen MR) is 64.0 cm³/mol. The van der Waals surface area contributed by atoms with E-state index in [0.717, 1.165) is 25.9 Å². The summed E-state index contributed by atoms with van der Waals surface area (Å²) in [4.78, 5) is 2.28. The molecule has 1 aromatic carbocycles. The largest absolute Gasteiger partial charge is 0.396 e. The van der Waals surface area contributed by atoms with Crippen LogP contribution in [0.1, 0.15) is 18.4 Å². The standard InChI is InChI=1S/C13H21NO/c1-14(11-6-12-15)10-5-9-13-7-3-2-4-8-13/h2-4,7-8,15H,5-6,9-12H2,1H3. The third-order valence-corrected chi connectivity index (χ3v) is 2.55. The highest BCUT2D eigenvalue weighted by atomic mass is 16.3. The van der Waals surface area contributed by atoms with Crippen LogP contribution in [0.25, 0.3) is 0 Å². The third-order valence-electron chi connectivity index (χ3n) is 2.55. The normalized spacial score (nSPS) is 10.9. The number of nitrogens with zero attached hydrogens (tertiary/aromatic N) is 1. The van der Waals surface area contributed by atoms with Gasteiger partial charge in [-0.25, -0.2) is 0 Å². The minimum Gasteiger partial charge on any atom is -0.396 e. The summed E-state index contributed by atoms with van der Waals surface area (Å²) in [5, 5.41) is 8.69. The molecular weight excluding hydrogens is 186 g/mol. The number of benzene rings is 1. The van der Waals surface area contributed by atoms with E-state index in [4.69, 9.17) is 5.11 Å². The van der Waals surface area contributed by atoms with Crippen molar-refractivity contribution in [2.75, 3.05) is 26.7 Å². The first-order valence-electron chi connectivity index (χ1n) is 5.66. The Morgan fingerprint density at radius 1 is 1.07 bits per heavy atom. The molecule has 0 bridgehead atoms. The quantitative estimate of drug-likeness (QED) is 0.738. The van der Waals surface area contributed by atoms with Gasteiger partial charge in [0.2, 0.25) is 0 Å². The highest BCUT2D eigenvalue weighted by molar-refractivity contribution is 5.14. The summed E-state index contributed by atoms with van der Waals surface area (Å²) >= 11 is 0. The van der Waals surface area contributed by atoms with Gasteiger partial charge in [-0.05, 0) is 38.4 Å². The van der Waals surface area contributed by atoms with Crippen molar-refractivity contribution in [1.29, 1.82) is 0 Å². The molecule has 0 saturated carbocycles. The molecule has 15 heavy (non-hydrogen) atoms. The van der Waals surface area contributed by atoms with Crippen molar-refractivity contribution in [3.05, 3.63) is 35.9 Å². The lowest BCUT2D eigenvalue weighted by Gasteiger charge is -2.15. The Morgan fingerprint density at radius 3 is 2.40 bits per heavy atom. The van der Waals surface area contributed by atoms with Crippen molar-refractivity contribution in [2.24, 2.45) is 0 Å². The molecule has 0 heterocycles. The van der Waals surface area contributed by atoms with Crippen LogP contribution in [0.2, 0.25) is 0 Å². The summed E-state index contributed by atoms with van der Waals surface area (Å²) in [5.41, 5.74) is 1.41. The molecule has 0 amide bonds. The number of aliphatic hydroxyl groups is 1. The molecule has 0 fully saturated rings. The average Bonchev–Trinajstić information content (AvgIpc) is 2.28. The molecule has 0 atom stereocenters. The highest BCUT2D eigenvalue weighted by Gasteiger charge is 1.97. The van der Waals surface area contributed by atoms with Crippen LogP contribution in [-0.4, -0.2) is 36.8 Å². The molecule has 84 valence electrons. The molecule has 0 aliphatic heterocycles. The smallest absolute Gasteiger partial charge is 0.0443 e. The Morgan fingerprint density at radius 2 is 1.73 bits per heavy atom. The molecule has 0 saturated heterocycles. The van der Waals surface area contributed by atoms with Gasteiger partial charge < -0.3 is 10.0 Å². The minimum absolute atomic E-state index is 0.295. The van der Waals surface area contributed by atoms with E-state index >= 15 is 0 Å². The summed E-state index contributed by atoms with van der Waals surface area (Å²) in [5.74, 6) is 0. The molecular formula is C13H21NO. The van der Waals surface area contributed by atoms with Gasteiger partial charge in [0.05, 0.1) is 0 Å². The van der Waals surface area contributed by atoms with Gasteiger partial charge in [-0.3, -0.25) is 0 Å². The maximum atomic E-state index is 8.69. The van der Waals surface area contributed by atoms with Crippen LogP contribution in [0.5, 0.6) is 0 Å². The second kappa shape index (κ2) is 7.43. The second-order valence-electron chi connectivity index (χ2n) is 3.97. The van der Waals surface area contributed by atoms with E-state index in [1.807, 2.05) is 0 Å².